The molecule has 0 spiro atoms. The Labute approximate surface area is 222 Å². The molecule has 4 aromatic rings. The highest BCUT2D eigenvalue weighted by atomic mass is 19.4. The Bertz CT molecular complexity index is 1450. The lowest BCUT2D eigenvalue weighted by atomic mass is 9.92. The predicted octanol–water partition coefficient (Wildman–Crippen LogP) is 6.99. The van der Waals surface area contributed by atoms with Gasteiger partial charge in [0, 0.05) is 11.4 Å². The van der Waals surface area contributed by atoms with Crippen molar-refractivity contribution in [3.63, 3.8) is 0 Å². The molecule has 0 aliphatic rings. The Morgan fingerprint density at radius 1 is 0.525 bits per heavy atom. The van der Waals surface area contributed by atoms with Gasteiger partial charge in [-0.1, -0.05) is 12.1 Å². The number of rotatable bonds is 5. The van der Waals surface area contributed by atoms with E-state index in [1.807, 2.05) is 0 Å². The van der Waals surface area contributed by atoms with Crippen molar-refractivity contribution in [2.75, 3.05) is 11.5 Å². The molecule has 0 aliphatic heterocycles. The van der Waals surface area contributed by atoms with Gasteiger partial charge in [-0.2, -0.15) is 26.3 Å². The molecular formula is C28H18F6N2O4. The van der Waals surface area contributed by atoms with Crippen LogP contribution in [0.1, 0.15) is 31.8 Å². The fourth-order valence-corrected chi connectivity index (χ4v) is 3.68. The highest BCUT2D eigenvalue weighted by molar-refractivity contribution is 5.94. The van der Waals surface area contributed by atoms with Crippen LogP contribution in [0.3, 0.4) is 0 Å². The fourth-order valence-electron chi connectivity index (χ4n) is 3.68. The highest BCUT2D eigenvalue weighted by Gasteiger charge is 2.39. The molecule has 0 heterocycles. The van der Waals surface area contributed by atoms with E-state index in [2.05, 4.69) is 0 Å². The standard InChI is InChI=1S/C28H18F6N2O4/c29-27(30,31)23-13-15(25(37)39-19-7-3-17(35)4-8-19)1-11-21(23)22-12-2-16(14-24(22)28(32,33)34)26(38)40-20-9-5-18(36)6-10-20/h1-14H,35-36H2. The summed E-state index contributed by atoms with van der Waals surface area (Å²) >= 11 is 0. The molecule has 6 nitrogen and oxygen atoms in total. The number of halogens is 6. The maximum Gasteiger partial charge on any atom is 0.417 e. The number of benzene rings is 4. The lowest BCUT2D eigenvalue weighted by molar-refractivity contribution is -0.139. The summed E-state index contributed by atoms with van der Waals surface area (Å²) in [5.74, 6) is -2.34. The van der Waals surface area contributed by atoms with Gasteiger partial charge in [-0.3, -0.25) is 0 Å². The second-order valence-corrected chi connectivity index (χ2v) is 8.43. The average Bonchev–Trinajstić information content (AvgIpc) is 2.89. The second-order valence-electron chi connectivity index (χ2n) is 8.43. The molecule has 4 aromatic carbocycles. The number of nitrogen functional groups attached to an aromatic ring is 2. The minimum Gasteiger partial charge on any atom is -0.423 e. The zero-order chi connectivity index (χ0) is 29.2. The Morgan fingerprint density at radius 3 is 1.15 bits per heavy atom. The SMILES string of the molecule is Nc1ccc(OC(=O)c2ccc(-c3ccc(C(=O)Oc4ccc(N)cc4)cc3C(F)(F)F)c(C(F)(F)F)c2)cc1. The molecule has 0 radical (unpaired) electrons. The third kappa shape index (κ3) is 6.34. The van der Waals surface area contributed by atoms with Crippen LogP contribution in [0.25, 0.3) is 11.1 Å². The molecule has 40 heavy (non-hydrogen) atoms. The Balaban J connectivity index is 1.73. The van der Waals surface area contributed by atoms with Crippen LogP contribution in [-0.2, 0) is 12.4 Å². The molecule has 4 rings (SSSR count). The quantitative estimate of drug-likeness (QED) is 0.118. The van der Waals surface area contributed by atoms with Crippen LogP contribution in [0.4, 0.5) is 37.7 Å². The van der Waals surface area contributed by atoms with Crippen LogP contribution in [-0.4, -0.2) is 11.9 Å². The van der Waals surface area contributed by atoms with E-state index < -0.39 is 57.7 Å². The van der Waals surface area contributed by atoms with E-state index in [1.54, 1.807) is 0 Å². The Hall–Kier alpha value is -5.00. The second kappa shape index (κ2) is 10.6. The van der Waals surface area contributed by atoms with Crippen molar-refractivity contribution in [1.82, 2.24) is 0 Å². The van der Waals surface area contributed by atoms with Gasteiger partial charge in [-0.05, 0) is 83.9 Å². The number of hydrogen-bond donors (Lipinski definition) is 2. The average molecular weight is 560 g/mol. The number of anilines is 2. The predicted molar refractivity (Wildman–Crippen MR) is 134 cm³/mol. The van der Waals surface area contributed by atoms with E-state index in [0.717, 1.165) is 24.3 Å². The number of esters is 2. The van der Waals surface area contributed by atoms with E-state index in [-0.39, 0.29) is 11.5 Å². The van der Waals surface area contributed by atoms with E-state index in [4.69, 9.17) is 20.9 Å². The largest absolute Gasteiger partial charge is 0.423 e. The molecule has 0 saturated carbocycles. The maximum absolute atomic E-state index is 14.0. The fraction of sp³-hybridized carbons (Fsp3) is 0.0714. The monoisotopic (exact) mass is 560 g/mol. The van der Waals surface area contributed by atoms with E-state index >= 15 is 0 Å². The van der Waals surface area contributed by atoms with E-state index in [9.17, 15) is 35.9 Å². The first-order chi connectivity index (χ1) is 18.7. The molecule has 0 fully saturated rings. The lowest BCUT2D eigenvalue weighted by Gasteiger charge is -2.19. The van der Waals surface area contributed by atoms with E-state index in [0.29, 0.717) is 23.5 Å². The first-order valence-corrected chi connectivity index (χ1v) is 11.3. The first-order valence-electron chi connectivity index (χ1n) is 11.3. The van der Waals surface area contributed by atoms with Crippen molar-refractivity contribution in [2.45, 2.75) is 12.4 Å². The molecule has 0 aliphatic carbocycles. The van der Waals surface area contributed by atoms with Crippen molar-refractivity contribution in [3.8, 4) is 22.6 Å². The zero-order valence-corrected chi connectivity index (χ0v) is 20.1. The normalized spacial score (nSPS) is 11.7. The summed E-state index contributed by atoms with van der Waals surface area (Å²) in [6, 6.07) is 15.0. The van der Waals surface area contributed by atoms with Gasteiger partial charge in [0.1, 0.15) is 11.5 Å². The van der Waals surface area contributed by atoms with Crippen molar-refractivity contribution < 1.29 is 45.4 Å². The molecule has 0 saturated heterocycles. The molecule has 0 aromatic heterocycles. The molecule has 12 heteroatoms. The third-order valence-corrected chi connectivity index (χ3v) is 5.59. The van der Waals surface area contributed by atoms with Crippen LogP contribution in [0, 0.1) is 0 Å². The van der Waals surface area contributed by atoms with Gasteiger partial charge in [0.05, 0.1) is 22.3 Å². The van der Waals surface area contributed by atoms with Crippen LogP contribution in [0.5, 0.6) is 11.5 Å². The summed E-state index contributed by atoms with van der Waals surface area (Å²) in [5, 5.41) is 0. The minimum atomic E-state index is -5.15. The molecule has 0 unspecified atom stereocenters. The molecule has 4 N–H and O–H groups in total. The molecule has 206 valence electrons. The van der Waals surface area contributed by atoms with Gasteiger partial charge in [-0.15, -0.1) is 0 Å². The number of ether oxygens (including phenoxy) is 2. The van der Waals surface area contributed by atoms with Gasteiger partial charge < -0.3 is 20.9 Å². The number of carbonyl (C=O) groups excluding carboxylic acids is 2. The summed E-state index contributed by atoms with van der Waals surface area (Å²) in [6.07, 6.45) is -10.3. The summed E-state index contributed by atoms with van der Waals surface area (Å²) in [7, 11) is 0. The van der Waals surface area contributed by atoms with Gasteiger partial charge >= 0.3 is 24.3 Å². The van der Waals surface area contributed by atoms with Crippen LogP contribution in [0.15, 0.2) is 84.9 Å². The lowest BCUT2D eigenvalue weighted by Crippen LogP contribution is -2.16. The molecule has 0 amide bonds. The zero-order valence-electron chi connectivity index (χ0n) is 20.1. The molecule has 0 atom stereocenters. The summed E-state index contributed by atoms with van der Waals surface area (Å²) in [6.45, 7) is 0. The maximum atomic E-state index is 14.0. The van der Waals surface area contributed by atoms with Gasteiger partial charge in [0.15, 0.2) is 0 Å². The summed E-state index contributed by atoms with van der Waals surface area (Å²) in [5.41, 5.74) is 5.95. The highest BCUT2D eigenvalue weighted by Crippen LogP contribution is 2.43. The van der Waals surface area contributed by atoms with Crippen molar-refractivity contribution in [3.05, 3.63) is 107 Å². The number of hydrogen-bond acceptors (Lipinski definition) is 6. The van der Waals surface area contributed by atoms with Gasteiger partial charge in [-0.25, -0.2) is 9.59 Å². The van der Waals surface area contributed by atoms with Crippen LogP contribution < -0.4 is 20.9 Å². The number of alkyl halides is 6. The first kappa shape index (κ1) is 28.0. The summed E-state index contributed by atoms with van der Waals surface area (Å²) in [4.78, 5) is 25.0. The van der Waals surface area contributed by atoms with Gasteiger partial charge in [0.25, 0.3) is 0 Å². The van der Waals surface area contributed by atoms with Crippen molar-refractivity contribution in [2.24, 2.45) is 0 Å². The number of carbonyl (C=O) groups is 2. The smallest absolute Gasteiger partial charge is 0.417 e. The Kier molecular flexibility index (Phi) is 7.45. The van der Waals surface area contributed by atoms with E-state index in [1.165, 1.54) is 48.5 Å². The minimum absolute atomic E-state index is 0.00219. The van der Waals surface area contributed by atoms with Gasteiger partial charge in [0.2, 0.25) is 0 Å². The van der Waals surface area contributed by atoms with Crippen LogP contribution >= 0.6 is 0 Å². The molecular weight excluding hydrogens is 542 g/mol. The van der Waals surface area contributed by atoms with Crippen molar-refractivity contribution >= 4 is 23.3 Å². The Morgan fingerprint density at radius 2 is 0.850 bits per heavy atom. The van der Waals surface area contributed by atoms with Crippen LogP contribution in [0.2, 0.25) is 0 Å². The number of nitrogens with two attached hydrogens (primary N) is 2. The van der Waals surface area contributed by atoms with Crippen molar-refractivity contribution in [1.29, 1.82) is 0 Å². The summed E-state index contributed by atoms with van der Waals surface area (Å²) < 4.78 is 94.2. The third-order valence-electron chi connectivity index (χ3n) is 5.59. The molecule has 0 bridgehead atoms. The topological polar surface area (TPSA) is 105 Å².